The van der Waals surface area contributed by atoms with E-state index < -0.39 is 0 Å². The van der Waals surface area contributed by atoms with E-state index in [1.165, 1.54) is 6.20 Å². The summed E-state index contributed by atoms with van der Waals surface area (Å²) >= 11 is 3.14. The Morgan fingerprint density at radius 1 is 1.52 bits per heavy atom. The van der Waals surface area contributed by atoms with E-state index in [9.17, 15) is 9.59 Å². The number of fused-ring (bicyclic) bond motifs is 1. The molecule has 21 heavy (non-hydrogen) atoms. The highest BCUT2D eigenvalue weighted by Gasteiger charge is 2.25. The van der Waals surface area contributed by atoms with Gasteiger partial charge in [-0.1, -0.05) is 17.8 Å². The van der Waals surface area contributed by atoms with Gasteiger partial charge in [0.15, 0.2) is 5.16 Å². The van der Waals surface area contributed by atoms with Crippen LogP contribution in [-0.2, 0) is 6.54 Å². The molecule has 0 aromatic carbocycles. The normalized spacial score (nSPS) is 14.8. The average molecular weight is 321 g/mol. The fraction of sp³-hybridized carbons (Fsp3) is 0.357. The summed E-state index contributed by atoms with van der Waals surface area (Å²) in [5.74, 6) is 0.557. The highest BCUT2D eigenvalue weighted by atomic mass is 32.2. The van der Waals surface area contributed by atoms with Crippen LogP contribution >= 0.6 is 23.1 Å². The van der Waals surface area contributed by atoms with Crippen LogP contribution in [0, 0.1) is 0 Å². The monoisotopic (exact) mass is 321 g/mol. The maximum atomic E-state index is 12.6. The van der Waals surface area contributed by atoms with Crippen molar-refractivity contribution >= 4 is 29.0 Å². The maximum absolute atomic E-state index is 12.6. The van der Waals surface area contributed by atoms with E-state index in [0.717, 1.165) is 10.6 Å². The molecule has 2 aromatic heterocycles. The molecule has 0 spiro atoms. The lowest BCUT2D eigenvalue weighted by Gasteiger charge is -2.24. The van der Waals surface area contributed by atoms with Crippen LogP contribution in [-0.4, -0.2) is 33.2 Å². The lowest BCUT2D eigenvalue weighted by atomic mass is 10.2. The number of hydrogen-bond acceptors (Lipinski definition) is 5. The molecule has 3 rings (SSSR count). The van der Waals surface area contributed by atoms with Crippen LogP contribution in [0.5, 0.6) is 0 Å². The van der Waals surface area contributed by atoms with Gasteiger partial charge in [-0.2, -0.15) is 0 Å². The van der Waals surface area contributed by atoms with Gasteiger partial charge >= 0.3 is 0 Å². The summed E-state index contributed by atoms with van der Waals surface area (Å²) in [4.78, 5) is 31.9. The number of nitrogens with zero attached hydrogens (tertiary/aromatic N) is 3. The maximum Gasteiger partial charge on any atom is 0.267 e. The Labute approximate surface area is 130 Å². The molecule has 1 amide bonds. The quantitative estimate of drug-likeness (QED) is 0.814. The van der Waals surface area contributed by atoms with E-state index >= 15 is 0 Å². The standard InChI is InChI=1S/C14H15N3O2S2/c1-9(11-4-3-6-20-11)16(2)12(18)10-8-15-14-17(13(10)19)5-7-21-14/h3-4,6,8-9H,5,7H2,1-2H3/t9-/m0/s1. The molecule has 0 N–H and O–H groups in total. The van der Waals surface area contributed by atoms with Gasteiger partial charge in [0.05, 0.1) is 6.04 Å². The first-order valence-electron chi connectivity index (χ1n) is 6.63. The molecular formula is C14H15N3O2S2. The van der Waals surface area contributed by atoms with Crippen molar-refractivity contribution in [2.45, 2.75) is 24.7 Å². The van der Waals surface area contributed by atoms with Crippen LogP contribution in [0.3, 0.4) is 0 Å². The molecule has 0 bridgehead atoms. The number of thioether (sulfide) groups is 1. The third-order valence-electron chi connectivity index (χ3n) is 3.64. The van der Waals surface area contributed by atoms with Crippen molar-refractivity contribution in [3.63, 3.8) is 0 Å². The van der Waals surface area contributed by atoms with Crippen molar-refractivity contribution in [1.29, 1.82) is 0 Å². The SMILES string of the molecule is C[C@@H](c1cccs1)N(C)C(=O)c1cnc2n(c1=O)CCS2. The van der Waals surface area contributed by atoms with Gasteiger partial charge in [-0.3, -0.25) is 14.2 Å². The molecule has 0 radical (unpaired) electrons. The van der Waals surface area contributed by atoms with Gasteiger partial charge in [-0.25, -0.2) is 4.98 Å². The van der Waals surface area contributed by atoms with E-state index in [0.29, 0.717) is 11.7 Å². The fourth-order valence-electron chi connectivity index (χ4n) is 2.25. The van der Waals surface area contributed by atoms with Gasteiger partial charge in [0, 0.05) is 30.4 Å². The summed E-state index contributed by atoms with van der Waals surface area (Å²) in [5, 5.41) is 2.68. The Kier molecular flexibility index (Phi) is 3.86. The van der Waals surface area contributed by atoms with Crippen molar-refractivity contribution in [2.24, 2.45) is 0 Å². The van der Waals surface area contributed by atoms with Gasteiger partial charge in [0.1, 0.15) is 5.56 Å². The van der Waals surface area contributed by atoms with E-state index in [1.807, 2.05) is 24.4 Å². The molecule has 0 fully saturated rings. The summed E-state index contributed by atoms with van der Waals surface area (Å²) in [5.41, 5.74) is -0.0904. The molecule has 3 heterocycles. The number of thiophene rings is 1. The zero-order chi connectivity index (χ0) is 15.0. The third kappa shape index (κ3) is 2.51. The number of rotatable bonds is 3. The van der Waals surface area contributed by atoms with Crippen LogP contribution in [0.25, 0.3) is 0 Å². The second-order valence-electron chi connectivity index (χ2n) is 4.87. The zero-order valence-corrected chi connectivity index (χ0v) is 13.4. The number of amides is 1. The Morgan fingerprint density at radius 2 is 2.33 bits per heavy atom. The number of carbonyl (C=O) groups is 1. The summed E-state index contributed by atoms with van der Waals surface area (Å²) < 4.78 is 1.58. The summed E-state index contributed by atoms with van der Waals surface area (Å²) in [7, 11) is 1.72. The Bertz CT molecular complexity index is 724. The molecule has 1 aliphatic rings. The molecule has 5 nitrogen and oxygen atoms in total. The molecule has 110 valence electrons. The number of aromatic nitrogens is 2. The topological polar surface area (TPSA) is 55.2 Å². The van der Waals surface area contributed by atoms with Crippen molar-refractivity contribution in [3.8, 4) is 0 Å². The second kappa shape index (κ2) is 5.65. The van der Waals surface area contributed by atoms with Gasteiger partial charge in [-0.05, 0) is 18.4 Å². The highest BCUT2D eigenvalue weighted by Crippen LogP contribution is 2.25. The summed E-state index contributed by atoms with van der Waals surface area (Å²) in [6, 6.07) is 3.88. The van der Waals surface area contributed by atoms with Crippen LogP contribution in [0.2, 0.25) is 0 Å². The average Bonchev–Trinajstić information content (AvgIpc) is 3.16. The molecular weight excluding hydrogens is 306 g/mol. The number of carbonyl (C=O) groups excluding carboxylic acids is 1. The van der Waals surface area contributed by atoms with Crippen LogP contribution < -0.4 is 5.56 Å². The van der Waals surface area contributed by atoms with Crippen LogP contribution in [0.15, 0.2) is 33.7 Å². The molecule has 1 aliphatic heterocycles. The van der Waals surface area contributed by atoms with Gasteiger partial charge < -0.3 is 4.90 Å². The van der Waals surface area contributed by atoms with Gasteiger partial charge in [-0.15, -0.1) is 11.3 Å². The molecule has 0 saturated carbocycles. The molecule has 0 saturated heterocycles. The van der Waals surface area contributed by atoms with Gasteiger partial charge in [0.2, 0.25) is 0 Å². The van der Waals surface area contributed by atoms with Crippen molar-refractivity contribution in [3.05, 3.63) is 44.5 Å². The van der Waals surface area contributed by atoms with Crippen LogP contribution in [0.1, 0.15) is 28.2 Å². The fourth-order valence-corrected chi connectivity index (χ4v) is 3.99. The lowest BCUT2D eigenvalue weighted by Crippen LogP contribution is -2.36. The Hall–Kier alpha value is -1.60. The van der Waals surface area contributed by atoms with E-state index in [1.54, 1.807) is 39.6 Å². The first-order valence-corrected chi connectivity index (χ1v) is 8.49. The number of hydrogen-bond donors (Lipinski definition) is 0. The first-order chi connectivity index (χ1) is 10.1. The highest BCUT2D eigenvalue weighted by molar-refractivity contribution is 7.99. The Balaban J connectivity index is 1.91. The second-order valence-corrected chi connectivity index (χ2v) is 6.91. The predicted octanol–water partition coefficient (Wildman–Crippen LogP) is 2.24. The van der Waals surface area contributed by atoms with Crippen molar-refractivity contribution < 1.29 is 4.79 Å². The largest absolute Gasteiger partial charge is 0.334 e. The minimum absolute atomic E-state index is 0.0653. The minimum Gasteiger partial charge on any atom is -0.334 e. The summed E-state index contributed by atoms with van der Waals surface area (Å²) in [6.07, 6.45) is 1.41. The zero-order valence-electron chi connectivity index (χ0n) is 11.8. The Morgan fingerprint density at radius 3 is 3.05 bits per heavy atom. The molecule has 7 heteroatoms. The predicted molar refractivity (Wildman–Crippen MR) is 84.0 cm³/mol. The van der Waals surface area contributed by atoms with Crippen molar-refractivity contribution in [2.75, 3.05) is 12.8 Å². The smallest absolute Gasteiger partial charge is 0.267 e. The molecule has 1 atom stereocenters. The van der Waals surface area contributed by atoms with Crippen molar-refractivity contribution in [1.82, 2.24) is 14.5 Å². The third-order valence-corrected chi connectivity index (χ3v) is 5.66. The van der Waals surface area contributed by atoms with E-state index in [-0.39, 0.29) is 23.1 Å². The lowest BCUT2D eigenvalue weighted by molar-refractivity contribution is 0.0741. The molecule has 0 unspecified atom stereocenters. The van der Waals surface area contributed by atoms with E-state index in [2.05, 4.69) is 4.98 Å². The molecule has 0 aliphatic carbocycles. The van der Waals surface area contributed by atoms with Crippen LogP contribution in [0.4, 0.5) is 0 Å². The summed E-state index contributed by atoms with van der Waals surface area (Å²) in [6.45, 7) is 2.58. The first kappa shape index (κ1) is 14.3. The molecule has 2 aromatic rings. The minimum atomic E-state index is -0.277. The van der Waals surface area contributed by atoms with E-state index in [4.69, 9.17) is 0 Å². The van der Waals surface area contributed by atoms with Gasteiger partial charge in [0.25, 0.3) is 11.5 Å².